The van der Waals surface area contributed by atoms with Crippen LogP contribution in [-0.2, 0) is 19.0 Å². The minimum Gasteiger partial charge on any atom is -0.508 e. The monoisotopic (exact) mass is 340 g/mol. The van der Waals surface area contributed by atoms with Gasteiger partial charge in [0.05, 0.1) is 0 Å². The highest BCUT2D eigenvalue weighted by Gasteiger charge is 2.44. The second kappa shape index (κ2) is 8.22. The van der Waals surface area contributed by atoms with Crippen molar-refractivity contribution in [3.8, 4) is 5.75 Å². The van der Waals surface area contributed by atoms with Crippen molar-refractivity contribution in [1.82, 2.24) is 0 Å². The van der Waals surface area contributed by atoms with Crippen LogP contribution < -0.4 is 0 Å². The molecule has 1 aromatic carbocycles. The third-order valence-corrected chi connectivity index (χ3v) is 3.60. The second-order valence-electron chi connectivity index (χ2n) is 5.31. The van der Waals surface area contributed by atoms with Crippen LogP contribution in [0.2, 0.25) is 0 Å². The van der Waals surface area contributed by atoms with Crippen LogP contribution in [0.3, 0.4) is 0 Å². The molecule has 8 heteroatoms. The van der Waals surface area contributed by atoms with Gasteiger partial charge in [-0.05, 0) is 23.8 Å². The lowest BCUT2D eigenvalue weighted by Gasteiger charge is -2.39. The molecule has 0 bridgehead atoms. The van der Waals surface area contributed by atoms with E-state index in [1.807, 2.05) is 0 Å². The van der Waals surface area contributed by atoms with Gasteiger partial charge in [-0.25, -0.2) is 4.79 Å². The summed E-state index contributed by atoms with van der Waals surface area (Å²) >= 11 is 0. The smallest absolute Gasteiger partial charge is 0.330 e. The summed E-state index contributed by atoms with van der Waals surface area (Å²) in [5.74, 6) is -0.556. The van der Waals surface area contributed by atoms with E-state index in [1.54, 1.807) is 12.1 Å². The largest absolute Gasteiger partial charge is 0.508 e. The first kappa shape index (κ1) is 18.4. The lowest BCUT2D eigenvalue weighted by Crippen LogP contribution is -2.59. The number of rotatable bonds is 5. The number of carbonyl (C=O) groups is 1. The SMILES string of the molecule is CO[C@@H]1O[C@H](COC(=O)C=Cc2ccc(O)cc2)[C@@H](O)[C@H](O)[C@H]1O. The number of hydrogen-bond acceptors (Lipinski definition) is 8. The van der Waals surface area contributed by atoms with Crippen LogP contribution >= 0.6 is 0 Å². The van der Waals surface area contributed by atoms with E-state index in [9.17, 15) is 20.1 Å². The fraction of sp³-hybridized carbons (Fsp3) is 0.438. The van der Waals surface area contributed by atoms with Crippen molar-refractivity contribution >= 4 is 12.0 Å². The summed E-state index contributed by atoms with van der Waals surface area (Å²) in [6, 6.07) is 6.20. The van der Waals surface area contributed by atoms with Gasteiger partial charge in [-0.3, -0.25) is 0 Å². The van der Waals surface area contributed by atoms with E-state index in [0.29, 0.717) is 5.56 Å². The van der Waals surface area contributed by atoms with E-state index in [1.165, 1.54) is 31.4 Å². The van der Waals surface area contributed by atoms with Crippen molar-refractivity contribution in [2.24, 2.45) is 0 Å². The van der Waals surface area contributed by atoms with E-state index in [2.05, 4.69) is 0 Å². The third kappa shape index (κ3) is 4.53. The molecule has 0 unspecified atom stereocenters. The van der Waals surface area contributed by atoms with Crippen molar-refractivity contribution < 1.29 is 39.4 Å². The Balaban J connectivity index is 1.87. The van der Waals surface area contributed by atoms with Crippen molar-refractivity contribution in [1.29, 1.82) is 0 Å². The number of esters is 1. The standard InChI is InChI=1S/C16H20O8/c1-22-16-15(21)14(20)13(19)11(24-16)8-23-12(18)7-4-9-2-5-10(17)6-3-9/h2-7,11,13-17,19-21H,8H2,1H3/t11-,13-,14+,15-,16-/m1/s1. The molecular formula is C16H20O8. The van der Waals surface area contributed by atoms with Gasteiger partial charge in [0.2, 0.25) is 0 Å². The first-order valence-electron chi connectivity index (χ1n) is 7.28. The zero-order valence-corrected chi connectivity index (χ0v) is 13.0. The number of aliphatic hydroxyl groups excluding tert-OH is 3. The molecular weight excluding hydrogens is 320 g/mol. The van der Waals surface area contributed by atoms with Gasteiger partial charge in [0, 0.05) is 13.2 Å². The fourth-order valence-corrected chi connectivity index (χ4v) is 2.21. The first-order valence-corrected chi connectivity index (χ1v) is 7.28. The molecule has 1 aliphatic heterocycles. The Morgan fingerprint density at radius 1 is 1.17 bits per heavy atom. The van der Waals surface area contributed by atoms with Crippen LogP contribution in [0.25, 0.3) is 6.08 Å². The van der Waals surface area contributed by atoms with Crippen LogP contribution in [-0.4, -0.2) is 70.8 Å². The van der Waals surface area contributed by atoms with Gasteiger partial charge >= 0.3 is 5.97 Å². The molecule has 132 valence electrons. The van der Waals surface area contributed by atoms with Crippen LogP contribution in [0.1, 0.15) is 5.56 Å². The molecule has 1 fully saturated rings. The Bertz CT molecular complexity index is 568. The van der Waals surface area contributed by atoms with Crippen molar-refractivity contribution in [2.75, 3.05) is 13.7 Å². The number of phenols is 1. The zero-order chi connectivity index (χ0) is 17.7. The number of aromatic hydroxyl groups is 1. The number of phenolic OH excluding ortho intramolecular Hbond substituents is 1. The summed E-state index contributed by atoms with van der Waals surface area (Å²) in [5.41, 5.74) is 0.691. The quantitative estimate of drug-likeness (QED) is 0.414. The van der Waals surface area contributed by atoms with E-state index < -0.39 is 36.7 Å². The van der Waals surface area contributed by atoms with Crippen molar-refractivity contribution in [3.63, 3.8) is 0 Å². The molecule has 24 heavy (non-hydrogen) atoms. The van der Waals surface area contributed by atoms with Crippen molar-refractivity contribution in [3.05, 3.63) is 35.9 Å². The van der Waals surface area contributed by atoms with Gasteiger partial charge in [0.15, 0.2) is 6.29 Å². The molecule has 0 spiro atoms. The van der Waals surface area contributed by atoms with E-state index in [-0.39, 0.29) is 12.4 Å². The summed E-state index contributed by atoms with van der Waals surface area (Å²) in [5, 5.41) is 38.4. The predicted octanol–water partition coefficient (Wildman–Crippen LogP) is -0.597. The molecule has 1 saturated heterocycles. The molecule has 4 N–H and O–H groups in total. The lowest BCUT2D eigenvalue weighted by atomic mass is 9.99. The summed E-state index contributed by atoms with van der Waals surface area (Å²) in [7, 11) is 1.28. The minimum absolute atomic E-state index is 0.117. The summed E-state index contributed by atoms with van der Waals surface area (Å²) in [6.45, 7) is -0.316. The molecule has 2 rings (SSSR count). The van der Waals surface area contributed by atoms with Gasteiger partial charge in [0.1, 0.15) is 36.8 Å². The maximum atomic E-state index is 11.7. The maximum Gasteiger partial charge on any atom is 0.330 e. The number of hydrogen-bond donors (Lipinski definition) is 4. The normalized spacial score (nSPS) is 30.4. The highest BCUT2D eigenvalue weighted by molar-refractivity contribution is 5.87. The highest BCUT2D eigenvalue weighted by atomic mass is 16.7. The van der Waals surface area contributed by atoms with E-state index in [4.69, 9.17) is 19.3 Å². The Kier molecular flexibility index (Phi) is 6.29. The first-order chi connectivity index (χ1) is 11.4. The van der Waals surface area contributed by atoms with Crippen molar-refractivity contribution in [2.45, 2.75) is 30.7 Å². The van der Waals surface area contributed by atoms with Gasteiger partial charge in [-0.1, -0.05) is 12.1 Å². The van der Waals surface area contributed by atoms with Gasteiger partial charge < -0.3 is 34.6 Å². The topological polar surface area (TPSA) is 126 Å². The second-order valence-corrected chi connectivity index (χ2v) is 5.31. The van der Waals surface area contributed by atoms with Gasteiger partial charge in [0.25, 0.3) is 0 Å². The molecule has 0 aliphatic carbocycles. The summed E-state index contributed by atoms with van der Waals surface area (Å²) in [4.78, 5) is 11.7. The average molecular weight is 340 g/mol. The molecule has 1 aliphatic rings. The predicted molar refractivity (Wildman–Crippen MR) is 81.8 cm³/mol. The molecule has 1 heterocycles. The minimum atomic E-state index is -1.47. The molecule has 5 atom stereocenters. The zero-order valence-electron chi connectivity index (χ0n) is 13.0. The number of aliphatic hydroxyl groups is 3. The number of ether oxygens (including phenoxy) is 3. The molecule has 0 saturated carbocycles. The third-order valence-electron chi connectivity index (χ3n) is 3.60. The Morgan fingerprint density at radius 2 is 1.83 bits per heavy atom. The highest BCUT2D eigenvalue weighted by Crippen LogP contribution is 2.22. The fourth-order valence-electron chi connectivity index (χ4n) is 2.21. The number of carbonyl (C=O) groups excluding carboxylic acids is 1. The summed E-state index contributed by atoms with van der Waals surface area (Å²) in [6.07, 6.45) is -3.76. The lowest BCUT2D eigenvalue weighted by molar-refractivity contribution is -0.294. The molecule has 0 radical (unpaired) electrons. The summed E-state index contributed by atoms with van der Waals surface area (Å²) < 4.78 is 15.1. The van der Waals surface area contributed by atoms with E-state index in [0.717, 1.165) is 0 Å². The molecule has 0 aromatic heterocycles. The Morgan fingerprint density at radius 3 is 2.46 bits per heavy atom. The van der Waals surface area contributed by atoms with Crippen LogP contribution in [0.4, 0.5) is 0 Å². The van der Waals surface area contributed by atoms with Crippen LogP contribution in [0, 0.1) is 0 Å². The Hall–Kier alpha value is -1.97. The Labute approximate surface area is 138 Å². The number of methoxy groups -OCH3 is 1. The molecule has 0 amide bonds. The van der Waals surface area contributed by atoms with Crippen LogP contribution in [0.15, 0.2) is 30.3 Å². The average Bonchev–Trinajstić information content (AvgIpc) is 2.58. The number of benzene rings is 1. The maximum absolute atomic E-state index is 11.7. The molecule has 8 nitrogen and oxygen atoms in total. The van der Waals surface area contributed by atoms with Gasteiger partial charge in [-0.2, -0.15) is 0 Å². The van der Waals surface area contributed by atoms with E-state index >= 15 is 0 Å². The molecule has 1 aromatic rings. The van der Waals surface area contributed by atoms with Gasteiger partial charge in [-0.15, -0.1) is 0 Å². The van der Waals surface area contributed by atoms with Crippen LogP contribution in [0.5, 0.6) is 5.75 Å².